The molecule has 0 radical (unpaired) electrons. The lowest BCUT2D eigenvalue weighted by molar-refractivity contribution is -0.139. The lowest BCUT2D eigenvalue weighted by Gasteiger charge is -2.24. The normalized spacial score (nSPS) is 15.9. The van der Waals surface area contributed by atoms with E-state index in [1.807, 2.05) is 24.3 Å². The zero-order valence-electron chi connectivity index (χ0n) is 17.8. The number of aromatic nitrogens is 1. The highest BCUT2D eigenvalue weighted by Gasteiger charge is 2.33. The Kier molecular flexibility index (Phi) is 6.30. The average Bonchev–Trinajstić information content (AvgIpc) is 3.07. The molecule has 1 atom stereocenters. The molecule has 0 fully saturated rings. The number of halogens is 1. The van der Waals surface area contributed by atoms with Crippen LogP contribution in [0.3, 0.4) is 0 Å². The smallest absolute Gasteiger partial charge is 0.338 e. The van der Waals surface area contributed by atoms with Crippen LogP contribution in [0.2, 0.25) is 5.02 Å². The van der Waals surface area contributed by atoms with Crippen molar-refractivity contribution in [2.24, 2.45) is 4.99 Å². The highest BCUT2D eigenvalue weighted by atomic mass is 35.5. The van der Waals surface area contributed by atoms with Gasteiger partial charge in [0.25, 0.3) is 5.56 Å². The number of allylic oxidation sites excluding steroid dienone is 1. The third kappa shape index (κ3) is 4.13. The molecule has 0 saturated carbocycles. The van der Waals surface area contributed by atoms with E-state index < -0.39 is 12.0 Å². The number of hydrogen-bond donors (Lipinski definition) is 0. The molecule has 0 bridgehead atoms. The van der Waals surface area contributed by atoms with Crippen LogP contribution in [0.4, 0.5) is 0 Å². The molecular weight excluding hydrogens is 448 g/mol. The van der Waals surface area contributed by atoms with Crippen LogP contribution >= 0.6 is 22.9 Å². The van der Waals surface area contributed by atoms with Gasteiger partial charge in [-0.05, 0) is 55.3 Å². The van der Waals surface area contributed by atoms with E-state index in [-0.39, 0.29) is 12.2 Å². The number of benzene rings is 2. The minimum Gasteiger partial charge on any atom is -0.497 e. The summed E-state index contributed by atoms with van der Waals surface area (Å²) in [6.45, 7) is 3.73. The summed E-state index contributed by atoms with van der Waals surface area (Å²) < 4.78 is 12.6. The maximum absolute atomic E-state index is 13.5. The number of methoxy groups -OCH3 is 1. The third-order valence-corrected chi connectivity index (χ3v) is 6.31. The Labute approximate surface area is 193 Å². The van der Waals surface area contributed by atoms with Gasteiger partial charge in [0.15, 0.2) is 4.80 Å². The summed E-state index contributed by atoms with van der Waals surface area (Å²) >= 11 is 7.37. The van der Waals surface area contributed by atoms with Gasteiger partial charge in [-0.25, -0.2) is 9.79 Å². The molecule has 0 aliphatic carbocycles. The zero-order chi connectivity index (χ0) is 22.8. The van der Waals surface area contributed by atoms with Gasteiger partial charge in [-0.1, -0.05) is 47.2 Å². The molecule has 8 heteroatoms. The summed E-state index contributed by atoms with van der Waals surface area (Å²) in [7, 11) is 1.59. The van der Waals surface area contributed by atoms with Gasteiger partial charge in [0.2, 0.25) is 0 Å². The van der Waals surface area contributed by atoms with Crippen LogP contribution in [0.5, 0.6) is 5.75 Å². The van der Waals surface area contributed by atoms with Gasteiger partial charge in [0.1, 0.15) is 5.75 Å². The summed E-state index contributed by atoms with van der Waals surface area (Å²) in [4.78, 5) is 31.5. The van der Waals surface area contributed by atoms with E-state index in [2.05, 4.69) is 4.99 Å². The van der Waals surface area contributed by atoms with Gasteiger partial charge in [-0.3, -0.25) is 9.36 Å². The highest BCUT2D eigenvalue weighted by molar-refractivity contribution is 7.07. The van der Waals surface area contributed by atoms with Crippen LogP contribution in [0.1, 0.15) is 31.0 Å². The van der Waals surface area contributed by atoms with E-state index in [0.29, 0.717) is 31.4 Å². The lowest BCUT2D eigenvalue weighted by Crippen LogP contribution is -2.39. The number of esters is 1. The predicted molar refractivity (Wildman–Crippen MR) is 125 cm³/mol. The monoisotopic (exact) mass is 468 g/mol. The number of fused-ring (bicyclic) bond motifs is 1. The minimum atomic E-state index is -0.655. The molecule has 2 aromatic carbocycles. The number of rotatable bonds is 5. The molecule has 0 saturated heterocycles. The first-order chi connectivity index (χ1) is 15.4. The molecule has 6 nitrogen and oxygen atoms in total. The van der Waals surface area contributed by atoms with Crippen molar-refractivity contribution in [2.75, 3.05) is 13.7 Å². The van der Waals surface area contributed by atoms with Crippen molar-refractivity contribution in [1.29, 1.82) is 0 Å². The molecule has 0 N–H and O–H groups in total. The van der Waals surface area contributed by atoms with E-state index in [0.717, 1.165) is 11.1 Å². The first kappa shape index (κ1) is 22.0. The molecule has 1 aromatic heterocycles. The fourth-order valence-corrected chi connectivity index (χ4v) is 4.89. The number of nitrogens with zero attached hydrogens (tertiary/aromatic N) is 2. The number of carbonyl (C=O) groups excluding carboxylic acids is 1. The Bertz CT molecular complexity index is 1390. The fraction of sp³-hybridized carbons (Fsp3) is 0.208. The lowest BCUT2D eigenvalue weighted by atomic mass is 9.96. The van der Waals surface area contributed by atoms with Crippen LogP contribution in [0, 0.1) is 0 Å². The standard InChI is InChI=1S/C24H21ClN2O4S/c1-4-31-23(29)20-14(2)26-24-27(21(20)16-8-10-18(30-3)11-9-16)22(28)19(32-24)13-15-6-5-7-17(25)12-15/h5-13,21H,4H2,1-3H3/b19-13-/t21-/m1/s1. The second-order valence-electron chi connectivity index (χ2n) is 7.13. The molecule has 1 aliphatic heterocycles. The van der Waals surface area contributed by atoms with E-state index in [9.17, 15) is 9.59 Å². The Balaban J connectivity index is 1.94. The van der Waals surface area contributed by atoms with Gasteiger partial charge >= 0.3 is 5.97 Å². The van der Waals surface area contributed by atoms with E-state index >= 15 is 0 Å². The summed E-state index contributed by atoms with van der Waals surface area (Å²) in [5, 5.41) is 0.586. The zero-order valence-corrected chi connectivity index (χ0v) is 19.4. The molecule has 1 aliphatic rings. The molecule has 3 aromatic rings. The summed E-state index contributed by atoms with van der Waals surface area (Å²) in [5.41, 5.74) is 2.21. The Morgan fingerprint density at radius 3 is 2.66 bits per heavy atom. The van der Waals surface area contributed by atoms with Gasteiger partial charge in [-0.15, -0.1) is 0 Å². The molecule has 0 amide bonds. The van der Waals surface area contributed by atoms with Crippen molar-refractivity contribution >= 4 is 35.0 Å². The van der Waals surface area contributed by atoms with Crippen molar-refractivity contribution in [2.45, 2.75) is 19.9 Å². The average molecular weight is 469 g/mol. The van der Waals surface area contributed by atoms with Crippen LogP contribution in [0.25, 0.3) is 6.08 Å². The van der Waals surface area contributed by atoms with Crippen LogP contribution in [0.15, 0.2) is 69.6 Å². The number of thiazole rings is 1. The molecule has 0 unspecified atom stereocenters. The van der Waals surface area contributed by atoms with E-state index in [1.165, 1.54) is 11.3 Å². The maximum atomic E-state index is 13.5. The molecule has 4 rings (SSSR count). The van der Waals surface area contributed by atoms with Crippen LogP contribution in [-0.2, 0) is 9.53 Å². The topological polar surface area (TPSA) is 69.9 Å². The second-order valence-corrected chi connectivity index (χ2v) is 8.58. The largest absolute Gasteiger partial charge is 0.497 e. The number of carbonyl (C=O) groups is 1. The van der Waals surface area contributed by atoms with Gasteiger partial charge in [0, 0.05) is 5.02 Å². The molecule has 32 heavy (non-hydrogen) atoms. The first-order valence-electron chi connectivity index (χ1n) is 10.0. The molecule has 164 valence electrons. The highest BCUT2D eigenvalue weighted by Crippen LogP contribution is 2.31. The van der Waals surface area contributed by atoms with Crippen molar-refractivity contribution in [3.63, 3.8) is 0 Å². The quantitative estimate of drug-likeness (QED) is 0.538. The van der Waals surface area contributed by atoms with Crippen molar-refractivity contribution < 1.29 is 14.3 Å². The summed E-state index contributed by atoms with van der Waals surface area (Å²) in [6.07, 6.45) is 1.78. The minimum absolute atomic E-state index is 0.226. The maximum Gasteiger partial charge on any atom is 0.338 e. The predicted octanol–water partition coefficient (Wildman–Crippen LogP) is 3.46. The molecular formula is C24H21ClN2O4S. The van der Waals surface area contributed by atoms with Crippen LogP contribution in [-0.4, -0.2) is 24.3 Å². The third-order valence-electron chi connectivity index (χ3n) is 5.10. The number of hydrogen-bond acceptors (Lipinski definition) is 6. The van der Waals surface area contributed by atoms with Crippen molar-refractivity contribution in [3.8, 4) is 5.75 Å². The Morgan fingerprint density at radius 2 is 2.00 bits per heavy atom. The van der Waals surface area contributed by atoms with Crippen molar-refractivity contribution in [1.82, 2.24) is 4.57 Å². The van der Waals surface area contributed by atoms with E-state index in [1.54, 1.807) is 55.9 Å². The number of ether oxygens (including phenoxy) is 2. The Hall–Kier alpha value is -3.16. The Morgan fingerprint density at radius 1 is 1.25 bits per heavy atom. The van der Waals surface area contributed by atoms with Gasteiger partial charge < -0.3 is 9.47 Å². The fourth-order valence-electron chi connectivity index (χ4n) is 3.64. The van der Waals surface area contributed by atoms with Gasteiger partial charge in [0.05, 0.1) is 35.6 Å². The molecule has 2 heterocycles. The van der Waals surface area contributed by atoms with Gasteiger partial charge in [-0.2, -0.15) is 0 Å². The van der Waals surface area contributed by atoms with Crippen LogP contribution < -0.4 is 19.6 Å². The first-order valence-corrected chi connectivity index (χ1v) is 11.2. The van der Waals surface area contributed by atoms with Crippen molar-refractivity contribution in [3.05, 3.63) is 95.6 Å². The SMILES string of the molecule is CCOC(=O)C1=C(C)N=c2s/c(=C\c3cccc(Cl)c3)c(=O)n2[C@@H]1c1ccc(OC)cc1. The second kappa shape index (κ2) is 9.14. The summed E-state index contributed by atoms with van der Waals surface area (Å²) in [6, 6.07) is 13.9. The molecule has 0 spiro atoms. The summed E-state index contributed by atoms with van der Waals surface area (Å²) in [5.74, 6) is 0.194. The van der Waals surface area contributed by atoms with E-state index in [4.69, 9.17) is 21.1 Å².